The summed E-state index contributed by atoms with van der Waals surface area (Å²) in [6, 6.07) is 0. The summed E-state index contributed by atoms with van der Waals surface area (Å²) in [7, 11) is 3.50. The Hall–Kier alpha value is -0.120. The first kappa shape index (κ1) is 13.9. The zero-order valence-electron chi connectivity index (χ0n) is 11.4. The van der Waals surface area contributed by atoms with Gasteiger partial charge in [-0.05, 0) is 11.8 Å². The molecule has 0 saturated carbocycles. The number of hydrogen-bond donors (Lipinski definition) is 0. The van der Waals surface area contributed by atoms with Crippen LogP contribution < -0.4 is 0 Å². The van der Waals surface area contributed by atoms with E-state index in [2.05, 4.69) is 27.7 Å². The van der Waals surface area contributed by atoms with Gasteiger partial charge < -0.3 is 14.2 Å². The Morgan fingerprint density at radius 3 is 2.19 bits per heavy atom. The molecule has 3 heteroatoms. The quantitative estimate of drug-likeness (QED) is 0.746. The summed E-state index contributed by atoms with van der Waals surface area (Å²) in [5.41, 5.74) is 0.0747. The molecule has 1 heterocycles. The zero-order chi connectivity index (χ0) is 12.3. The number of ether oxygens (including phenoxy) is 3. The first-order valence-corrected chi connectivity index (χ1v) is 6.15. The van der Waals surface area contributed by atoms with Gasteiger partial charge in [-0.3, -0.25) is 0 Å². The largest absolute Gasteiger partial charge is 0.379 e. The molecule has 0 radical (unpaired) electrons. The highest BCUT2D eigenvalue weighted by Crippen LogP contribution is 2.35. The third-order valence-corrected chi connectivity index (χ3v) is 3.38. The Kier molecular flexibility index (Phi) is 4.77. The van der Waals surface area contributed by atoms with Crippen molar-refractivity contribution in [2.45, 2.75) is 65.0 Å². The van der Waals surface area contributed by atoms with Crippen molar-refractivity contribution in [1.82, 2.24) is 0 Å². The number of rotatable bonds is 3. The van der Waals surface area contributed by atoms with Gasteiger partial charge in [0.2, 0.25) is 0 Å². The van der Waals surface area contributed by atoms with Gasteiger partial charge in [-0.2, -0.15) is 0 Å². The summed E-state index contributed by atoms with van der Waals surface area (Å²) in [6.45, 7) is 8.72. The maximum Gasteiger partial charge on any atom is 0.110 e. The van der Waals surface area contributed by atoms with Crippen molar-refractivity contribution in [1.29, 1.82) is 0 Å². The molecule has 0 bridgehead atoms. The van der Waals surface area contributed by atoms with Gasteiger partial charge in [-0.1, -0.05) is 27.7 Å². The summed E-state index contributed by atoms with van der Waals surface area (Å²) in [6.07, 6.45) is 2.53. The van der Waals surface area contributed by atoms with Crippen molar-refractivity contribution in [3.05, 3.63) is 0 Å². The second-order valence-corrected chi connectivity index (χ2v) is 5.66. The predicted molar refractivity (Wildman–Crippen MR) is 64.6 cm³/mol. The molecule has 0 aromatic carbocycles. The van der Waals surface area contributed by atoms with Crippen molar-refractivity contribution in [3.63, 3.8) is 0 Å². The van der Waals surface area contributed by atoms with Crippen LogP contribution in [0.2, 0.25) is 0 Å². The van der Waals surface area contributed by atoms with Crippen LogP contribution in [-0.2, 0) is 14.2 Å². The van der Waals surface area contributed by atoms with Crippen LogP contribution in [0.1, 0.15) is 40.5 Å². The normalized spacial score (nSPS) is 36.4. The maximum atomic E-state index is 6.13. The summed E-state index contributed by atoms with van der Waals surface area (Å²) in [4.78, 5) is 0. The number of methoxy groups -OCH3 is 2. The van der Waals surface area contributed by atoms with Gasteiger partial charge in [0.25, 0.3) is 0 Å². The minimum Gasteiger partial charge on any atom is -0.379 e. The van der Waals surface area contributed by atoms with Crippen molar-refractivity contribution in [3.8, 4) is 0 Å². The Bertz CT molecular complexity index is 210. The monoisotopic (exact) mass is 230 g/mol. The van der Waals surface area contributed by atoms with Gasteiger partial charge in [0.15, 0.2) is 0 Å². The molecule has 1 saturated heterocycles. The van der Waals surface area contributed by atoms with Crippen LogP contribution in [0.4, 0.5) is 0 Å². The van der Waals surface area contributed by atoms with E-state index in [9.17, 15) is 0 Å². The Morgan fingerprint density at radius 1 is 1.19 bits per heavy atom. The highest BCUT2D eigenvalue weighted by Gasteiger charge is 2.44. The standard InChI is InChI=1S/C13H26O3/c1-7-9-8-10(14-5)11(15-6)12(16-9)13(2,3)4/h9-12H,7-8H2,1-6H3. The van der Waals surface area contributed by atoms with Gasteiger partial charge in [-0.15, -0.1) is 0 Å². The minimum atomic E-state index is 0.0350. The zero-order valence-corrected chi connectivity index (χ0v) is 11.4. The SMILES string of the molecule is CCC1CC(OC)C(OC)C(C(C)(C)C)O1. The van der Waals surface area contributed by atoms with E-state index < -0.39 is 0 Å². The topological polar surface area (TPSA) is 27.7 Å². The molecule has 1 fully saturated rings. The maximum absolute atomic E-state index is 6.13. The molecule has 0 aliphatic carbocycles. The highest BCUT2D eigenvalue weighted by atomic mass is 16.6. The first-order valence-electron chi connectivity index (χ1n) is 6.15. The fourth-order valence-electron chi connectivity index (χ4n) is 2.39. The Balaban J connectivity index is 2.84. The lowest BCUT2D eigenvalue weighted by Gasteiger charge is -2.45. The highest BCUT2D eigenvalue weighted by molar-refractivity contribution is 4.92. The molecule has 4 unspecified atom stereocenters. The van der Waals surface area contributed by atoms with Crippen LogP contribution in [0.25, 0.3) is 0 Å². The average molecular weight is 230 g/mol. The fraction of sp³-hybridized carbons (Fsp3) is 1.00. The van der Waals surface area contributed by atoms with Crippen LogP contribution in [0.15, 0.2) is 0 Å². The van der Waals surface area contributed by atoms with Gasteiger partial charge in [0.05, 0.1) is 18.3 Å². The lowest BCUT2D eigenvalue weighted by molar-refractivity contribution is -0.214. The van der Waals surface area contributed by atoms with Gasteiger partial charge in [-0.25, -0.2) is 0 Å². The minimum absolute atomic E-state index is 0.0350. The van der Waals surface area contributed by atoms with Crippen molar-refractivity contribution >= 4 is 0 Å². The van der Waals surface area contributed by atoms with Gasteiger partial charge in [0, 0.05) is 20.6 Å². The molecule has 0 N–H and O–H groups in total. The molecular formula is C13H26O3. The molecular weight excluding hydrogens is 204 g/mol. The number of hydrogen-bond acceptors (Lipinski definition) is 3. The predicted octanol–water partition coefficient (Wildman–Crippen LogP) is 2.63. The Morgan fingerprint density at radius 2 is 1.81 bits per heavy atom. The molecule has 1 aliphatic rings. The molecule has 1 rings (SSSR count). The molecule has 16 heavy (non-hydrogen) atoms. The summed E-state index contributed by atoms with van der Waals surface area (Å²) in [5.74, 6) is 0. The molecule has 96 valence electrons. The van der Waals surface area contributed by atoms with E-state index in [0.29, 0.717) is 6.10 Å². The lowest BCUT2D eigenvalue weighted by atomic mass is 9.80. The van der Waals surface area contributed by atoms with E-state index in [1.807, 2.05) is 0 Å². The van der Waals surface area contributed by atoms with Crippen molar-refractivity contribution < 1.29 is 14.2 Å². The van der Waals surface area contributed by atoms with Gasteiger partial charge in [0.1, 0.15) is 6.10 Å². The summed E-state index contributed by atoms with van der Waals surface area (Å²) in [5, 5.41) is 0. The van der Waals surface area contributed by atoms with Gasteiger partial charge >= 0.3 is 0 Å². The van der Waals surface area contributed by atoms with Crippen LogP contribution in [-0.4, -0.2) is 38.6 Å². The molecule has 0 spiro atoms. The molecule has 0 aromatic rings. The first-order chi connectivity index (χ1) is 7.43. The second-order valence-electron chi connectivity index (χ2n) is 5.66. The molecule has 0 amide bonds. The molecule has 0 aromatic heterocycles. The molecule has 1 aliphatic heterocycles. The summed E-state index contributed by atoms with van der Waals surface area (Å²) < 4.78 is 17.3. The van der Waals surface area contributed by atoms with Crippen LogP contribution in [0.5, 0.6) is 0 Å². The smallest absolute Gasteiger partial charge is 0.110 e. The van der Waals surface area contributed by atoms with E-state index in [1.54, 1.807) is 14.2 Å². The molecule has 3 nitrogen and oxygen atoms in total. The molecule has 4 atom stereocenters. The van der Waals surface area contributed by atoms with Crippen LogP contribution in [0.3, 0.4) is 0 Å². The van der Waals surface area contributed by atoms with Crippen molar-refractivity contribution in [2.24, 2.45) is 5.41 Å². The van der Waals surface area contributed by atoms with E-state index in [-0.39, 0.29) is 23.7 Å². The van der Waals surface area contributed by atoms with Crippen LogP contribution >= 0.6 is 0 Å². The van der Waals surface area contributed by atoms with E-state index in [0.717, 1.165) is 12.8 Å². The lowest BCUT2D eigenvalue weighted by Crippen LogP contribution is -2.54. The fourth-order valence-corrected chi connectivity index (χ4v) is 2.39. The summed E-state index contributed by atoms with van der Waals surface area (Å²) >= 11 is 0. The van der Waals surface area contributed by atoms with Crippen LogP contribution in [0, 0.1) is 5.41 Å². The second kappa shape index (κ2) is 5.48. The third-order valence-electron chi connectivity index (χ3n) is 3.38. The Labute approximate surface area is 99.5 Å². The third kappa shape index (κ3) is 2.96. The van der Waals surface area contributed by atoms with E-state index in [1.165, 1.54) is 0 Å². The average Bonchev–Trinajstić information content (AvgIpc) is 2.25. The van der Waals surface area contributed by atoms with E-state index >= 15 is 0 Å². The van der Waals surface area contributed by atoms with E-state index in [4.69, 9.17) is 14.2 Å². The van der Waals surface area contributed by atoms with Crippen molar-refractivity contribution in [2.75, 3.05) is 14.2 Å².